The van der Waals surface area contributed by atoms with Crippen LogP contribution in [0.15, 0.2) is 18.2 Å². The Labute approximate surface area is 126 Å². The zero-order valence-corrected chi connectivity index (χ0v) is 13.2. The maximum absolute atomic E-state index is 12.1. The molecule has 5 heteroatoms. The molecule has 21 heavy (non-hydrogen) atoms. The Bertz CT molecular complexity index is 528. The summed E-state index contributed by atoms with van der Waals surface area (Å²) in [5.41, 5.74) is 7.06. The molecule has 0 aromatic heterocycles. The number of nitrogens with two attached hydrogens (primary N) is 1. The second-order valence-electron chi connectivity index (χ2n) is 6.12. The van der Waals surface area contributed by atoms with Gasteiger partial charge in [-0.1, -0.05) is 13.0 Å². The first-order chi connectivity index (χ1) is 9.82. The van der Waals surface area contributed by atoms with Crippen LogP contribution in [-0.2, 0) is 9.53 Å². The molecular formula is C16H24N2O3. The molecule has 1 aliphatic heterocycles. The number of carbonyl (C=O) groups is 1. The van der Waals surface area contributed by atoms with Crippen LogP contribution in [-0.4, -0.2) is 30.8 Å². The minimum Gasteiger partial charge on any atom is -0.484 e. The van der Waals surface area contributed by atoms with E-state index in [9.17, 15) is 4.79 Å². The van der Waals surface area contributed by atoms with Crippen LogP contribution in [0.5, 0.6) is 5.75 Å². The Morgan fingerprint density at radius 3 is 2.90 bits per heavy atom. The maximum atomic E-state index is 12.1. The second kappa shape index (κ2) is 5.84. The van der Waals surface area contributed by atoms with E-state index in [2.05, 4.69) is 0 Å². The number of esters is 1. The van der Waals surface area contributed by atoms with Crippen LogP contribution >= 0.6 is 0 Å². The summed E-state index contributed by atoms with van der Waals surface area (Å²) in [6.45, 7) is 8.63. The number of fused-ring (bicyclic) bond motifs is 1. The number of nitrogens with zero attached hydrogens (tertiary/aromatic N) is 1. The fourth-order valence-electron chi connectivity index (χ4n) is 2.46. The first-order valence-corrected chi connectivity index (χ1v) is 7.34. The van der Waals surface area contributed by atoms with E-state index in [0.717, 1.165) is 12.1 Å². The van der Waals surface area contributed by atoms with Gasteiger partial charge in [0.15, 0.2) is 0 Å². The van der Waals surface area contributed by atoms with E-state index in [1.807, 2.05) is 50.8 Å². The van der Waals surface area contributed by atoms with Crippen LogP contribution in [0.1, 0.15) is 34.1 Å². The van der Waals surface area contributed by atoms with E-state index in [4.69, 9.17) is 15.2 Å². The van der Waals surface area contributed by atoms with Crippen LogP contribution in [0.4, 0.5) is 11.4 Å². The molecule has 1 aromatic rings. The molecule has 0 bridgehead atoms. The molecule has 0 radical (unpaired) electrons. The highest BCUT2D eigenvalue weighted by Gasteiger charge is 2.34. The molecule has 0 saturated heterocycles. The SMILES string of the molecule is CCC(C)OC(=O)CN1CC(C)(C)Oc2cccc(N)c21. The number of anilines is 2. The normalized spacial score (nSPS) is 17.6. The zero-order valence-electron chi connectivity index (χ0n) is 13.2. The first kappa shape index (κ1) is 15.5. The largest absolute Gasteiger partial charge is 0.484 e. The summed E-state index contributed by atoms with van der Waals surface area (Å²) in [5, 5.41) is 0. The lowest BCUT2D eigenvalue weighted by Crippen LogP contribution is -2.49. The Kier molecular flexibility index (Phi) is 4.30. The zero-order chi connectivity index (χ0) is 15.6. The predicted molar refractivity (Wildman–Crippen MR) is 83.6 cm³/mol. The second-order valence-corrected chi connectivity index (χ2v) is 6.12. The van der Waals surface area contributed by atoms with Gasteiger partial charge >= 0.3 is 5.97 Å². The van der Waals surface area contributed by atoms with Crippen molar-refractivity contribution in [3.63, 3.8) is 0 Å². The van der Waals surface area contributed by atoms with Crippen molar-refractivity contribution in [2.24, 2.45) is 0 Å². The molecule has 5 nitrogen and oxygen atoms in total. The van der Waals surface area contributed by atoms with Crippen LogP contribution < -0.4 is 15.4 Å². The predicted octanol–water partition coefficient (Wildman–Crippen LogP) is 2.59. The molecule has 1 aliphatic rings. The third-order valence-corrected chi connectivity index (χ3v) is 3.53. The number of carbonyl (C=O) groups excluding carboxylic acids is 1. The highest BCUT2D eigenvalue weighted by molar-refractivity contribution is 5.82. The van der Waals surface area contributed by atoms with Crippen molar-refractivity contribution >= 4 is 17.3 Å². The van der Waals surface area contributed by atoms with Gasteiger partial charge in [-0.25, -0.2) is 0 Å². The smallest absolute Gasteiger partial charge is 0.325 e. The molecule has 0 aliphatic carbocycles. The van der Waals surface area contributed by atoms with Crippen molar-refractivity contribution < 1.29 is 14.3 Å². The van der Waals surface area contributed by atoms with E-state index in [0.29, 0.717) is 18.0 Å². The van der Waals surface area contributed by atoms with Crippen LogP contribution in [0.2, 0.25) is 0 Å². The monoisotopic (exact) mass is 292 g/mol. The summed E-state index contributed by atoms with van der Waals surface area (Å²) < 4.78 is 11.3. The van der Waals surface area contributed by atoms with Crippen LogP contribution in [0, 0.1) is 0 Å². The molecule has 0 saturated carbocycles. The van der Waals surface area contributed by atoms with Crippen LogP contribution in [0.3, 0.4) is 0 Å². The van der Waals surface area contributed by atoms with Gasteiger partial charge in [-0.15, -0.1) is 0 Å². The van der Waals surface area contributed by atoms with Crippen molar-refractivity contribution in [1.29, 1.82) is 0 Å². The average Bonchev–Trinajstić information content (AvgIpc) is 2.36. The molecule has 1 unspecified atom stereocenters. The topological polar surface area (TPSA) is 64.8 Å². The fourth-order valence-corrected chi connectivity index (χ4v) is 2.46. The van der Waals surface area contributed by atoms with E-state index in [1.165, 1.54) is 0 Å². The minimum absolute atomic E-state index is 0.0702. The number of benzene rings is 1. The number of nitrogen functional groups attached to an aromatic ring is 1. The molecule has 116 valence electrons. The third-order valence-electron chi connectivity index (χ3n) is 3.53. The van der Waals surface area contributed by atoms with E-state index < -0.39 is 0 Å². The van der Waals surface area contributed by atoms with Gasteiger partial charge in [-0.05, 0) is 39.3 Å². The summed E-state index contributed by atoms with van der Waals surface area (Å²) >= 11 is 0. The maximum Gasteiger partial charge on any atom is 0.325 e. The Morgan fingerprint density at radius 1 is 1.52 bits per heavy atom. The summed E-state index contributed by atoms with van der Waals surface area (Å²) in [7, 11) is 0. The molecule has 0 fully saturated rings. The third kappa shape index (κ3) is 3.60. The van der Waals surface area contributed by atoms with E-state index >= 15 is 0 Å². The number of rotatable bonds is 4. The molecule has 0 amide bonds. The Balaban J connectivity index is 2.21. The number of ether oxygens (including phenoxy) is 2. The summed E-state index contributed by atoms with van der Waals surface area (Å²) in [4.78, 5) is 14.0. The van der Waals surface area contributed by atoms with Crippen molar-refractivity contribution in [3.05, 3.63) is 18.2 Å². The lowest BCUT2D eigenvalue weighted by molar-refractivity contribution is -0.146. The van der Waals surface area contributed by atoms with Crippen molar-refractivity contribution in [1.82, 2.24) is 0 Å². The van der Waals surface area contributed by atoms with Gasteiger partial charge in [0.25, 0.3) is 0 Å². The molecule has 1 aromatic carbocycles. The van der Waals surface area contributed by atoms with Gasteiger partial charge in [-0.3, -0.25) is 4.79 Å². The summed E-state index contributed by atoms with van der Waals surface area (Å²) in [6.07, 6.45) is 0.734. The quantitative estimate of drug-likeness (QED) is 0.682. The molecule has 2 N–H and O–H groups in total. The standard InChI is InChI=1S/C16H24N2O3/c1-5-11(2)20-14(19)9-18-10-16(3,4)21-13-8-6-7-12(17)15(13)18/h6-8,11H,5,9-10,17H2,1-4H3. The average molecular weight is 292 g/mol. The fraction of sp³-hybridized carbons (Fsp3) is 0.562. The Morgan fingerprint density at radius 2 is 2.24 bits per heavy atom. The van der Waals surface area contributed by atoms with Crippen molar-refractivity contribution in [3.8, 4) is 5.75 Å². The van der Waals surface area contributed by atoms with Gasteiger partial charge in [0, 0.05) is 0 Å². The van der Waals surface area contributed by atoms with Gasteiger partial charge in [-0.2, -0.15) is 0 Å². The summed E-state index contributed by atoms with van der Waals surface area (Å²) in [5.74, 6) is 0.471. The van der Waals surface area contributed by atoms with E-state index in [1.54, 1.807) is 0 Å². The summed E-state index contributed by atoms with van der Waals surface area (Å²) in [6, 6.07) is 5.54. The highest BCUT2D eigenvalue weighted by Crippen LogP contribution is 2.40. The molecule has 2 rings (SSSR count). The Hall–Kier alpha value is -1.91. The van der Waals surface area contributed by atoms with Gasteiger partial charge in [0.2, 0.25) is 0 Å². The molecule has 1 atom stereocenters. The number of para-hydroxylation sites is 1. The number of hydrogen-bond acceptors (Lipinski definition) is 5. The molecular weight excluding hydrogens is 268 g/mol. The highest BCUT2D eigenvalue weighted by atomic mass is 16.5. The van der Waals surface area contributed by atoms with E-state index in [-0.39, 0.29) is 24.2 Å². The minimum atomic E-state index is -0.378. The van der Waals surface area contributed by atoms with Crippen molar-refractivity contribution in [2.75, 3.05) is 23.7 Å². The molecule has 0 spiro atoms. The lowest BCUT2D eigenvalue weighted by atomic mass is 10.0. The first-order valence-electron chi connectivity index (χ1n) is 7.34. The molecule has 1 heterocycles. The van der Waals surface area contributed by atoms with Gasteiger partial charge < -0.3 is 20.1 Å². The van der Waals surface area contributed by atoms with Gasteiger partial charge in [0.1, 0.15) is 23.6 Å². The number of hydrogen-bond donors (Lipinski definition) is 1. The van der Waals surface area contributed by atoms with Crippen molar-refractivity contribution in [2.45, 2.75) is 45.8 Å². The van der Waals surface area contributed by atoms with Crippen LogP contribution in [0.25, 0.3) is 0 Å². The van der Waals surface area contributed by atoms with Gasteiger partial charge in [0.05, 0.1) is 18.3 Å². The lowest BCUT2D eigenvalue weighted by Gasteiger charge is -2.41.